The molecule has 1 N–H and O–H groups in total. The SMILES string of the molecule is CCN(Cc1ccccc1)C(=O)CN(C)CC(=O)Nc1cc(C)ccn1. The Morgan fingerprint density at radius 1 is 1.12 bits per heavy atom. The second kappa shape index (κ2) is 9.68. The number of anilines is 1. The minimum Gasteiger partial charge on any atom is -0.338 e. The summed E-state index contributed by atoms with van der Waals surface area (Å²) in [5.74, 6) is 0.332. The molecule has 2 rings (SSSR count). The highest BCUT2D eigenvalue weighted by Gasteiger charge is 2.16. The fraction of sp³-hybridized carbons (Fsp3) is 0.350. The summed E-state index contributed by atoms with van der Waals surface area (Å²) in [4.78, 5) is 32.2. The zero-order valence-electron chi connectivity index (χ0n) is 15.6. The molecule has 6 heteroatoms. The highest BCUT2D eigenvalue weighted by atomic mass is 16.2. The number of pyridine rings is 1. The fourth-order valence-corrected chi connectivity index (χ4v) is 2.60. The van der Waals surface area contributed by atoms with Gasteiger partial charge in [-0.25, -0.2) is 4.98 Å². The second-order valence-corrected chi connectivity index (χ2v) is 6.33. The zero-order valence-corrected chi connectivity index (χ0v) is 15.6. The van der Waals surface area contributed by atoms with E-state index in [4.69, 9.17) is 0 Å². The zero-order chi connectivity index (χ0) is 18.9. The first kappa shape index (κ1) is 19.6. The van der Waals surface area contributed by atoms with Crippen LogP contribution in [-0.4, -0.2) is 53.3 Å². The standard InChI is InChI=1S/C20H26N4O2/c1-4-24(13-17-8-6-5-7-9-17)20(26)15-23(3)14-19(25)22-18-12-16(2)10-11-21-18/h5-12H,4,13-15H2,1-3H3,(H,21,22,25). The summed E-state index contributed by atoms with van der Waals surface area (Å²) >= 11 is 0. The van der Waals surface area contributed by atoms with Crippen molar-refractivity contribution in [2.75, 3.05) is 32.0 Å². The smallest absolute Gasteiger partial charge is 0.239 e. The van der Waals surface area contributed by atoms with Crippen molar-refractivity contribution in [1.29, 1.82) is 0 Å². The lowest BCUT2D eigenvalue weighted by Crippen LogP contribution is -2.41. The Hall–Kier alpha value is -2.73. The second-order valence-electron chi connectivity index (χ2n) is 6.33. The van der Waals surface area contributed by atoms with E-state index in [9.17, 15) is 9.59 Å². The molecule has 0 atom stereocenters. The van der Waals surface area contributed by atoms with Gasteiger partial charge in [0, 0.05) is 19.3 Å². The molecule has 0 spiro atoms. The van der Waals surface area contributed by atoms with E-state index in [1.54, 1.807) is 23.0 Å². The van der Waals surface area contributed by atoms with Gasteiger partial charge in [0.25, 0.3) is 0 Å². The molecule has 0 bridgehead atoms. The van der Waals surface area contributed by atoms with Gasteiger partial charge in [0.15, 0.2) is 0 Å². The third kappa shape index (κ3) is 6.29. The molecule has 2 amide bonds. The average molecular weight is 354 g/mol. The van der Waals surface area contributed by atoms with E-state index in [0.29, 0.717) is 18.9 Å². The molecule has 6 nitrogen and oxygen atoms in total. The van der Waals surface area contributed by atoms with Crippen molar-refractivity contribution in [3.8, 4) is 0 Å². The lowest BCUT2D eigenvalue weighted by molar-refractivity contribution is -0.132. The van der Waals surface area contributed by atoms with E-state index in [1.165, 1.54) is 0 Å². The number of rotatable bonds is 8. The Morgan fingerprint density at radius 3 is 2.50 bits per heavy atom. The molecule has 0 aliphatic heterocycles. The molecule has 26 heavy (non-hydrogen) atoms. The van der Waals surface area contributed by atoms with E-state index in [-0.39, 0.29) is 24.9 Å². The predicted molar refractivity (Wildman–Crippen MR) is 103 cm³/mol. The number of benzene rings is 1. The van der Waals surface area contributed by atoms with E-state index < -0.39 is 0 Å². The number of nitrogens with one attached hydrogen (secondary N) is 1. The number of carbonyl (C=O) groups excluding carboxylic acids is 2. The van der Waals surface area contributed by atoms with Crippen LogP contribution in [0.2, 0.25) is 0 Å². The van der Waals surface area contributed by atoms with Crippen LogP contribution in [0, 0.1) is 6.92 Å². The maximum absolute atomic E-state index is 12.5. The molecule has 0 saturated heterocycles. The maximum atomic E-state index is 12.5. The summed E-state index contributed by atoms with van der Waals surface area (Å²) < 4.78 is 0. The lowest BCUT2D eigenvalue weighted by Gasteiger charge is -2.24. The van der Waals surface area contributed by atoms with Crippen molar-refractivity contribution in [2.45, 2.75) is 20.4 Å². The van der Waals surface area contributed by atoms with Crippen molar-refractivity contribution < 1.29 is 9.59 Å². The maximum Gasteiger partial charge on any atom is 0.239 e. The minimum absolute atomic E-state index is 0.000309. The molecule has 0 fully saturated rings. The van der Waals surface area contributed by atoms with Crippen LogP contribution in [0.1, 0.15) is 18.1 Å². The number of likely N-dealkylation sites (N-methyl/N-ethyl adjacent to an activating group) is 2. The van der Waals surface area contributed by atoms with Crippen LogP contribution in [0.25, 0.3) is 0 Å². The first-order chi connectivity index (χ1) is 12.5. The molecular formula is C20H26N4O2. The van der Waals surface area contributed by atoms with Crippen LogP contribution < -0.4 is 5.32 Å². The van der Waals surface area contributed by atoms with Crippen LogP contribution in [0.5, 0.6) is 0 Å². The Balaban J connectivity index is 1.84. The normalized spacial score (nSPS) is 10.6. The molecule has 0 unspecified atom stereocenters. The van der Waals surface area contributed by atoms with Gasteiger partial charge in [0.2, 0.25) is 11.8 Å². The number of aromatic nitrogens is 1. The number of aryl methyl sites for hydroxylation is 1. The summed E-state index contributed by atoms with van der Waals surface area (Å²) in [6.07, 6.45) is 1.65. The van der Waals surface area contributed by atoms with Gasteiger partial charge in [-0.15, -0.1) is 0 Å². The monoisotopic (exact) mass is 354 g/mol. The highest BCUT2D eigenvalue weighted by molar-refractivity contribution is 5.91. The molecule has 1 aromatic heterocycles. The molecule has 0 saturated carbocycles. The van der Waals surface area contributed by atoms with Crippen LogP contribution in [0.4, 0.5) is 5.82 Å². The quantitative estimate of drug-likeness (QED) is 0.790. The molecule has 0 radical (unpaired) electrons. The van der Waals surface area contributed by atoms with Crippen molar-refractivity contribution in [2.24, 2.45) is 0 Å². The van der Waals surface area contributed by atoms with E-state index in [1.807, 2.05) is 56.3 Å². The third-order valence-electron chi connectivity index (χ3n) is 3.95. The van der Waals surface area contributed by atoms with E-state index in [0.717, 1.165) is 11.1 Å². The van der Waals surface area contributed by atoms with Gasteiger partial charge in [0.05, 0.1) is 13.1 Å². The number of hydrogen-bond donors (Lipinski definition) is 1. The van der Waals surface area contributed by atoms with E-state index in [2.05, 4.69) is 10.3 Å². The van der Waals surface area contributed by atoms with Gasteiger partial charge in [0.1, 0.15) is 5.82 Å². The van der Waals surface area contributed by atoms with Crippen LogP contribution in [-0.2, 0) is 16.1 Å². The number of carbonyl (C=O) groups is 2. The summed E-state index contributed by atoms with van der Waals surface area (Å²) in [5.41, 5.74) is 2.12. The van der Waals surface area contributed by atoms with Gasteiger partial charge in [-0.1, -0.05) is 30.3 Å². The third-order valence-corrected chi connectivity index (χ3v) is 3.95. The minimum atomic E-state index is -0.190. The first-order valence-electron chi connectivity index (χ1n) is 8.70. The summed E-state index contributed by atoms with van der Waals surface area (Å²) in [5, 5.41) is 2.75. The first-order valence-corrected chi connectivity index (χ1v) is 8.70. The Labute approximate surface area is 154 Å². The van der Waals surface area contributed by atoms with Gasteiger partial charge >= 0.3 is 0 Å². The van der Waals surface area contributed by atoms with Gasteiger partial charge in [-0.3, -0.25) is 14.5 Å². The number of nitrogens with zero attached hydrogens (tertiary/aromatic N) is 3. The largest absolute Gasteiger partial charge is 0.338 e. The lowest BCUT2D eigenvalue weighted by atomic mass is 10.2. The van der Waals surface area contributed by atoms with Crippen molar-refractivity contribution in [3.05, 3.63) is 59.8 Å². The molecule has 0 aliphatic rings. The van der Waals surface area contributed by atoms with Gasteiger partial charge in [-0.05, 0) is 44.2 Å². The summed E-state index contributed by atoms with van der Waals surface area (Å²) in [6.45, 7) is 5.41. The van der Waals surface area contributed by atoms with Crippen molar-refractivity contribution in [1.82, 2.24) is 14.8 Å². The van der Waals surface area contributed by atoms with E-state index >= 15 is 0 Å². The Kier molecular flexibility index (Phi) is 7.29. The fourth-order valence-electron chi connectivity index (χ4n) is 2.60. The van der Waals surface area contributed by atoms with Gasteiger partial charge in [-0.2, -0.15) is 0 Å². The highest BCUT2D eigenvalue weighted by Crippen LogP contribution is 2.06. The van der Waals surface area contributed by atoms with Crippen LogP contribution in [0.15, 0.2) is 48.7 Å². The molecule has 138 valence electrons. The number of amides is 2. The van der Waals surface area contributed by atoms with Gasteiger partial charge < -0.3 is 10.2 Å². The molecule has 0 aliphatic carbocycles. The summed E-state index contributed by atoms with van der Waals surface area (Å²) in [6, 6.07) is 13.6. The Morgan fingerprint density at radius 2 is 1.85 bits per heavy atom. The number of hydrogen-bond acceptors (Lipinski definition) is 4. The molecule has 1 heterocycles. The average Bonchev–Trinajstić information content (AvgIpc) is 2.60. The molecule has 2 aromatic rings. The Bertz CT molecular complexity index is 734. The van der Waals surface area contributed by atoms with Crippen molar-refractivity contribution in [3.63, 3.8) is 0 Å². The molecular weight excluding hydrogens is 328 g/mol. The predicted octanol–water partition coefficient (Wildman–Crippen LogP) is 2.31. The van der Waals surface area contributed by atoms with Crippen LogP contribution in [0.3, 0.4) is 0 Å². The van der Waals surface area contributed by atoms with Crippen LogP contribution >= 0.6 is 0 Å². The molecule has 1 aromatic carbocycles. The van der Waals surface area contributed by atoms with Crippen molar-refractivity contribution >= 4 is 17.6 Å². The topological polar surface area (TPSA) is 65.5 Å². The summed E-state index contributed by atoms with van der Waals surface area (Å²) in [7, 11) is 1.76.